The van der Waals surface area contributed by atoms with Crippen LogP contribution in [0.3, 0.4) is 0 Å². The number of hydrogen-bond donors (Lipinski definition) is 0. The molecular weight excluding hydrogens is 506 g/mol. The van der Waals surface area contributed by atoms with Crippen LogP contribution in [0.15, 0.2) is 36.4 Å². The van der Waals surface area contributed by atoms with Crippen molar-refractivity contribution in [3.8, 4) is 16.9 Å². The normalized spacial score (nSPS) is 17.6. The molecule has 0 heterocycles. The van der Waals surface area contributed by atoms with Gasteiger partial charge in [0, 0.05) is 16.7 Å². The minimum atomic E-state index is -1.31. The second kappa shape index (κ2) is 12.2. The number of hydrogen-bond acceptors (Lipinski definition) is 2. The van der Waals surface area contributed by atoms with E-state index >= 15 is 8.78 Å². The molecule has 8 heteroatoms. The van der Waals surface area contributed by atoms with Crippen molar-refractivity contribution >= 4 is 0 Å². The molecule has 0 radical (unpaired) electrons. The van der Waals surface area contributed by atoms with Gasteiger partial charge in [-0.05, 0) is 68.2 Å². The van der Waals surface area contributed by atoms with Crippen molar-refractivity contribution in [3.05, 3.63) is 88.0 Å². The predicted octanol–water partition coefficient (Wildman–Crippen LogP) is 8.78. The topological polar surface area (TPSA) is 18.5 Å². The van der Waals surface area contributed by atoms with Gasteiger partial charge in [0.2, 0.25) is 5.82 Å². The summed E-state index contributed by atoms with van der Waals surface area (Å²) in [6.45, 7) is 3.56. The Bertz CT molecular complexity index is 1280. The lowest BCUT2D eigenvalue weighted by Crippen LogP contribution is -2.22. The summed E-state index contributed by atoms with van der Waals surface area (Å²) >= 11 is 0. The Hall–Kier alpha value is -3.00. The molecule has 0 spiro atoms. The van der Waals surface area contributed by atoms with Gasteiger partial charge in [-0.25, -0.2) is 22.0 Å². The van der Waals surface area contributed by atoms with Crippen LogP contribution < -0.4 is 4.74 Å². The largest absolute Gasteiger partial charge is 0.491 e. The molecule has 3 aromatic rings. The molecule has 38 heavy (non-hydrogen) atoms. The van der Waals surface area contributed by atoms with Crippen LogP contribution in [0.4, 0.5) is 26.3 Å². The van der Waals surface area contributed by atoms with E-state index in [9.17, 15) is 17.6 Å². The van der Waals surface area contributed by atoms with Crippen molar-refractivity contribution in [2.45, 2.75) is 71.0 Å². The van der Waals surface area contributed by atoms with E-state index in [4.69, 9.17) is 9.47 Å². The summed E-state index contributed by atoms with van der Waals surface area (Å²) in [6.07, 6.45) is 3.00. The smallest absolute Gasteiger partial charge is 0.201 e. The van der Waals surface area contributed by atoms with Crippen molar-refractivity contribution in [2.24, 2.45) is 0 Å². The molecule has 0 bridgehead atoms. The number of ether oxygens (including phenoxy) is 2. The zero-order chi connectivity index (χ0) is 27.4. The van der Waals surface area contributed by atoms with E-state index in [1.54, 1.807) is 13.0 Å². The summed E-state index contributed by atoms with van der Waals surface area (Å²) in [4.78, 5) is 0. The summed E-state index contributed by atoms with van der Waals surface area (Å²) in [5.74, 6) is -7.23. The Balaban J connectivity index is 1.41. The molecule has 0 amide bonds. The Kier molecular flexibility index (Phi) is 9.03. The fourth-order valence-electron chi connectivity index (χ4n) is 5.05. The van der Waals surface area contributed by atoms with Gasteiger partial charge in [0.15, 0.2) is 34.8 Å². The van der Waals surface area contributed by atoms with Gasteiger partial charge in [-0.1, -0.05) is 37.6 Å². The Morgan fingerprint density at radius 2 is 1.26 bits per heavy atom. The quantitative estimate of drug-likeness (QED) is 0.255. The van der Waals surface area contributed by atoms with Crippen molar-refractivity contribution in [2.75, 3.05) is 6.61 Å². The number of rotatable bonds is 9. The fraction of sp³-hybridized carbons (Fsp3) is 0.400. The first-order valence-electron chi connectivity index (χ1n) is 12.9. The van der Waals surface area contributed by atoms with E-state index < -0.39 is 40.5 Å². The third kappa shape index (κ3) is 5.70. The summed E-state index contributed by atoms with van der Waals surface area (Å²) in [7, 11) is 0. The van der Waals surface area contributed by atoms with Crippen LogP contribution in [0.2, 0.25) is 0 Å². The summed E-state index contributed by atoms with van der Waals surface area (Å²) < 4.78 is 98.3. The molecule has 0 saturated heterocycles. The molecule has 1 aliphatic carbocycles. The second-order valence-corrected chi connectivity index (χ2v) is 9.55. The van der Waals surface area contributed by atoms with E-state index in [0.29, 0.717) is 44.1 Å². The second-order valence-electron chi connectivity index (χ2n) is 9.55. The van der Waals surface area contributed by atoms with E-state index in [1.165, 1.54) is 24.3 Å². The molecule has 0 atom stereocenters. The van der Waals surface area contributed by atoms with Crippen LogP contribution in [0, 0.1) is 34.9 Å². The van der Waals surface area contributed by atoms with Crippen LogP contribution >= 0.6 is 0 Å². The zero-order valence-electron chi connectivity index (χ0n) is 21.4. The van der Waals surface area contributed by atoms with Crippen LogP contribution in [-0.4, -0.2) is 12.7 Å². The zero-order valence-corrected chi connectivity index (χ0v) is 21.4. The fourth-order valence-corrected chi connectivity index (χ4v) is 5.05. The maximum absolute atomic E-state index is 15.1. The third-order valence-electron chi connectivity index (χ3n) is 7.10. The highest BCUT2D eigenvalue weighted by Crippen LogP contribution is 2.39. The minimum absolute atomic E-state index is 0.0770. The Morgan fingerprint density at radius 1 is 0.658 bits per heavy atom. The van der Waals surface area contributed by atoms with E-state index in [-0.39, 0.29) is 47.7 Å². The highest BCUT2D eigenvalue weighted by molar-refractivity contribution is 5.66. The SMILES string of the molecule is CCCc1ccc(COC2CCC(c3ccc(-c4ccc(OCC)c(F)c4F)c(F)c3F)CC2)c(F)c1F. The van der Waals surface area contributed by atoms with E-state index in [1.807, 2.05) is 6.92 Å². The first-order chi connectivity index (χ1) is 18.3. The minimum Gasteiger partial charge on any atom is -0.491 e. The average molecular weight is 537 g/mol. The molecule has 204 valence electrons. The van der Waals surface area contributed by atoms with Gasteiger partial charge < -0.3 is 9.47 Å². The first-order valence-corrected chi connectivity index (χ1v) is 12.9. The maximum Gasteiger partial charge on any atom is 0.201 e. The summed E-state index contributed by atoms with van der Waals surface area (Å²) in [5.41, 5.74) is -0.119. The molecule has 3 aromatic carbocycles. The van der Waals surface area contributed by atoms with Crippen LogP contribution in [0.5, 0.6) is 5.75 Å². The standard InChI is InChI=1S/C30H30F6O2/c1-3-5-18-6-7-19(26(32)25(18)31)16-38-20-10-8-17(9-11-20)21-12-13-22(28(34)27(21)33)23-14-15-24(37-4-2)30(36)29(23)35/h6-7,12-15,17,20H,3-5,8-11,16H2,1-2H3. The lowest BCUT2D eigenvalue weighted by Gasteiger charge is -2.29. The predicted molar refractivity (Wildman–Crippen MR) is 133 cm³/mol. The molecule has 1 fully saturated rings. The van der Waals surface area contributed by atoms with Crippen molar-refractivity contribution < 1.29 is 35.8 Å². The molecule has 0 unspecified atom stereocenters. The van der Waals surface area contributed by atoms with Gasteiger partial charge in [0.1, 0.15) is 0 Å². The highest BCUT2D eigenvalue weighted by atomic mass is 19.2. The van der Waals surface area contributed by atoms with Crippen molar-refractivity contribution in [1.82, 2.24) is 0 Å². The van der Waals surface area contributed by atoms with Crippen LogP contribution in [-0.2, 0) is 17.8 Å². The number of halogens is 6. The van der Waals surface area contributed by atoms with Gasteiger partial charge in [0.25, 0.3) is 0 Å². The average Bonchev–Trinajstić information content (AvgIpc) is 2.92. The van der Waals surface area contributed by atoms with Crippen LogP contribution in [0.1, 0.15) is 68.6 Å². The maximum atomic E-state index is 15.1. The van der Waals surface area contributed by atoms with Crippen molar-refractivity contribution in [3.63, 3.8) is 0 Å². The lowest BCUT2D eigenvalue weighted by atomic mass is 9.82. The number of benzene rings is 3. The molecule has 0 N–H and O–H groups in total. The molecular formula is C30H30F6O2. The molecule has 0 aromatic heterocycles. The van der Waals surface area contributed by atoms with Gasteiger partial charge in [-0.3, -0.25) is 0 Å². The molecule has 1 saturated carbocycles. The molecule has 0 aliphatic heterocycles. The van der Waals surface area contributed by atoms with Crippen molar-refractivity contribution in [1.29, 1.82) is 0 Å². The molecule has 2 nitrogen and oxygen atoms in total. The lowest BCUT2D eigenvalue weighted by molar-refractivity contribution is 0.0116. The Labute approximate surface area is 218 Å². The summed E-state index contributed by atoms with van der Waals surface area (Å²) in [5, 5.41) is 0. The number of aryl methyl sites for hydroxylation is 1. The van der Waals surface area contributed by atoms with E-state index in [2.05, 4.69) is 0 Å². The van der Waals surface area contributed by atoms with Gasteiger partial charge in [-0.15, -0.1) is 0 Å². The van der Waals surface area contributed by atoms with Crippen LogP contribution in [0.25, 0.3) is 11.1 Å². The Morgan fingerprint density at radius 3 is 1.92 bits per heavy atom. The van der Waals surface area contributed by atoms with Gasteiger partial charge in [-0.2, -0.15) is 4.39 Å². The highest BCUT2D eigenvalue weighted by Gasteiger charge is 2.28. The molecule has 1 aliphatic rings. The first kappa shape index (κ1) is 28.0. The molecule has 4 rings (SSSR count). The third-order valence-corrected chi connectivity index (χ3v) is 7.10. The van der Waals surface area contributed by atoms with Gasteiger partial charge in [0.05, 0.1) is 19.3 Å². The monoisotopic (exact) mass is 536 g/mol. The van der Waals surface area contributed by atoms with Gasteiger partial charge >= 0.3 is 0 Å². The van der Waals surface area contributed by atoms with E-state index in [0.717, 1.165) is 6.07 Å². The summed E-state index contributed by atoms with van der Waals surface area (Å²) in [6, 6.07) is 8.12.